The van der Waals surface area contributed by atoms with Gasteiger partial charge < -0.3 is 5.32 Å². The van der Waals surface area contributed by atoms with E-state index in [0.717, 1.165) is 37.9 Å². The first-order chi connectivity index (χ1) is 13.0. The highest BCUT2D eigenvalue weighted by molar-refractivity contribution is 7.89. The third-order valence-electron chi connectivity index (χ3n) is 5.08. The summed E-state index contributed by atoms with van der Waals surface area (Å²) in [7, 11) is -3.13. The van der Waals surface area contributed by atoms with E-state index in [9.17, 15) is 12.8 Å². The highest BCUT2D eigenvalue weighted by Gasteiger charge is 2.24. The van der Waals surface area contributed by atoms with Crippen molar-refractivity contribution in [3.05, 3.63) is 48.4 Å². The van der Waals surface area contributed by atoms with Crippen LogP contribution in [-0.4, -0.2) is 31.7 Å². The fourth-order valence-corrected chi connectivity index (χ4v) is 4.35. The summed E-state index contributed by atoms with van der Waals surface area (Å²) in [5.74, 6) is 0.316. The number of aromatic nitrogens is 1. The van der Waals surface area contributed by atoms with E-state index >= 15 is 0 Å². The molecule has 146 valence electrons. The van der Waals surface area contributed by atoms with Gasteiger partial charge in [-0.15, -0.1) is 0 Å². The van der Waals surface area contributed by atoms with Gasteiger partial charge in [-0.2, -0.15) is 0 Å². The van der Waals surface area contributed by atoms with Gasteiger partial charge in [0.05, 0.1) is 11.4 Å². The first kappa shape index (κ1) is 19.8. The minimum atomic E-state index is -3.13. The van der Waals surface area contributed by atoms with E-state index in [1.165, 1.54) is 6.07 Å². The van der Waals surface area contributed by atoms with Crippen LogP contribution in [0.25, 0.3) is 11.3 Å². The molecule has 0 atom stereocenters. The Morgan fingerprint density at radius 2 is 1.93 bits per heavy atom. The Kier molecular flexibility index (Phi) is 6.44. The van der Waals surface area contributed by atoms with Gasteiger partial charge >= 0.3 is 0 Å². The lowest BCUT2D eigenvalue weighted by Gasteiger charge is -2.29. The third kappa shape index (κ3) is 5.49. The molecule has 1 aliphatic rings. The fraction of sp³-hybridized carbons (Fsp3) is 0.450. The molecule has 2 aromatic rings. The molecular formula is C20H26FN3O2S. The Bertz CT molecular complexity index is 851. The number of anilines is 1. The number of pyridine rings is 1. The summed E-state index contributed by atoms with van der Waals surface area (Å²) in [5.41, 5.74) is 1.96. The Balaban J connectivity index is 1.54. The van der Waals surface area contributed by atoms with Crippen LogP contribution in [0.4, 0.5) is 10.1 Å². The Morgan fingerprint density at radius 3 is 2.59 bits per heavy atom. The number of rotatable bonds is 7. The van der Waals surface area contributed by atoms with Crippen molar-refractivity contribution < 1.29 is 12.8 Å². The van der Waals surface area contributed by atoms with E-state index in [2.05, 4.69) is 15.0 Å². The average molecular weight is 392 g/mol. The molecule has 1 heterocycles. The quantitative estimate of drug-likeness (QED) is 0.753. The molecule has 0 amide bonds. The molecule has 2 N–H and O–H groups in total. The molecule has 0 radical (unpaired) electrons. The average Bonchev–Trinajstić information content (AvgIpc) is 2.69. The van der Waals surface area contributed by atoms with E-state index < -0.39 is 10.0 Å². The van der Waals surface area contributed by atoms with Crippen molar-refractivity contribution >= 4 is 15.7 Å². The first-order valence-corrected chi connectivity index (χ1v) is 11.1. The first-order valence-electron chi connectivity index (χ1n) is 9.41. The number of sulfonamides is 1. The SMILES string of the molecule is CCS(=O)(=O)N[C@H]1CC[C@H](CNc2ccc(F)c(-c3ccccn3)c2)CC1. The maximum Gasteiger partial charge on any atom is 0.211 e. The molecule has 5 nitrogen and oxygen atoms in total. The normalized spacial score (nSPS) is 20.4. The number of hydrogen-bond acceptors (Lipinski definition) is 4. The topological polar surface area (TPSA) is 71.1 Å². The molecule has 1 fully saturated rings. The lowest BCUT2D eigenvalue weighted by Crippen LogP contribution is -2.39. The van der Waals surface area contributed by atoms with Crippen LogP contribution in [0, 0.1) is 11.7 Å². The molecule has 0 saturated heterocycles. The second-order valence-corrected chi connectivity index (χ2v) is 9.07. The molecule has 3 rings (SSSR count). The molecule has 27 heavy (non-hydrogen) atoms. The van der Waals surface area contributed by atoms with E-state index in [1.807, 2.05) is 6.07 Å². The van der Waals surface area contributed by atoms with Crippen LogP contribution in [0.2, 0.25) is 0 Å². The van der Waals surface area contributed by atoms with Gasteiger partial charge in [0.25, 0.3) is 0 Å². The molecule has 0 bridgehead atoms. The molecule has 7 heteroatoms. The second-order valence-electron chi connectivity index (χ2n) is 7.03. The molecule has 1 aliphatic carbocycles. The molecule has 1 aromatic heterocycles. The summed E-state index contributed by atoms with van der Waals surface area (Å²) < 4.78 is 40.3. The van der Waals surface area contributed by atoms with Crippen LogP contribution in [0.1, 0.15) is 32.6 Å². The third-order valence-corrected chi connectivity index (χ3v) is 6.53. The summed E-state index contributed by atoms with van der Waals surface area (Å²) in [5, 5.41) is 3.39. The number of nitrogens with one attached hydrogen (secondary N) is 2. The van der Waals surface area contributed by atoms with Gasteiger partial charge in [-0.1, -0.05) is 6.07 Å². The van der Waals surface area contributed by atoms with Crippen molar-refractivity contribution in [1.82, 2.24) is 9.71 Å². The van der Waals surface area contributed by atoms with Crippen molar-refractivity contribution in [3.63, 3.8) is 0 Å². The predicted molar refractivity (Wildman–Crippen MR) is 106 cm³/mol. The number of halogens is 1. The van der Waals surface area contributed by atoms with E-state index in [-0.39, 0.29) is 17.6 Å². The minimum absolute atomic E-state index is 0.0489. The van der Waals surface area contributed by atoms with Crippen molar-refractivity contribution in [2.45, 2.75) is 38.6 Å². The van der Waals surface area contributed by atoms with Crippen molar-refractivity contribution in [2.75, 3.05) is 17.6 Å². The van der Waals surface area contributed by atoms with Crippen LogP contribution in [0.5, 0.6) is 0 Å². The predicted octanol–water partition coefficient (Wildman–Crippen LogP) is 3.80. The Morgan fingerprint density at radius 1 is 1.15 bits per heavy atom. The zero-order valence-electron chi connectivity index (χ0n) is 15.5. The molecule has 0 aliphatic heterocycles. The van der Waals surface area contributed by atoms with Gasteiger partial charge in [-0.25, -0.2) is 17.5 Å². The zero-order chi connectivity index (χ0) is 19.3. The summed E-state index contributed by atoms with van der Waals surface area (Å²) in [6.07, 6.45) is 5.30. The monoisotopic (exact) mass is 391 g/mol. The lowest BCUT2D eigenvalue weighted by molar-refractivity contribution is 0.324. The van der Waals surface area contributed by atoms with E-state index in [4.69, 9.17) is 0 Å². The molecule has 1 saturated carbocycles. The largest absolute Gasteiger partial charge is 0.385 e. The van der Waals surface area contributed by atoms with Crippen molar-refractivity contribution in [2.24, 2.45) is 5.92 Å². The van der Waals surface area contributed by atoms with Crippen LogP contribution in [-0.2, 0) is 10.0 Å². The smallest absolute Gasteiger partial charge is 0.211 e. The highest BCUT2D eigenvalue weighted by atomic mass is 32.2. The second kappa shape index (κ2) is 8.80. The van der Waals surface area contributed by atoms with Crippen LogP contribution in [0.15, 0.2) is 42.6 Å². The van der Waals surface area contributed by atoms with Gasteiger partial charge in [0.2, 0.25) is 10.0 Å². The number of nitrogens with zero attached hydrogens (tertiary/aromatic N) is 1. The Labute approximate surface area is 160 Å². The van der Waals surface area contributed by atoms with Gasteiger partial charge in [-0.3, -0.25) is 4.98 Å². The molecular weight excluding hydrogens is 365 g/mol. The maximum absolute atomic E-state index is 14.1. The van der Waals surface area contributed by atoms with Crippen LogP contribution < -0.4 is 10.0 Å². The molecule has 1 aromatic carbocycles. The number of benzene rings is 1. The van der Waals surface area contributed by atoms with E-state index in [0.29, 0.717) is 17.2 Å². The van der Waals surface area contributed by atoms with Crippen LogP contribution in [0.3, 0.4) is 0 Å². The summed E-state index contributed by atoms with van der Waals surface area (Å²) in [4.78, 5) is 4.22. The standard InChI is InChI=1S/C20H26FN3O2S/c1-2-27(25,26)24-16-8-6-15(7-9-16)14-23-17-10-11-19(21)18(13-17)20-5-3-4-12-22-20/h3-5,10-13,15-16,23-24H,2,6-9,14H2,1H3/t15-,16-. The Hall–Kier alpha value is -1.99. The van der Waals surface area contributed by atoms with Gasteiger partial charge in [0.1, 0.15) is 5.82 Å². The number of hydrogen-bond donors (Lipinski definition) is 2. The van der Waals surface area contributed by atoms with Gasteiger partial charge in [0, 0.05) is 30.0 Å². The summed E-state index contributed by atoms with van der Waals surface area (Å²) >= 11 is 0. The van der Waals surface area contributed by atoms with Crippen molar-refractivity contribution in [3.8, 4) is 11.3 Å². The van der Waals surface area contributed by atoms with Gasteiger partial charge in [0.15, 0.2) is 0 Å². The van der Waals surface area contributed by atoms with E-state index in [1.54, 1.807) is 37.4 Å². The highest BCUT2D eigenvalue weighted by Crippen LogP contribution is 2.27. The molecule has 0 unspecified atom stereocenters. The summed E-state index contributed by atoms with van der Waals surface area (Å²) in [6, 6.07) is 10.5. The van der Waals surface area contributed by atoms with Crippen molar-refractivity contribution in [1.29, 1.82) is 0 Å². The molecule has 0 spiro atoms. The lowest BCUT2D eigenvalue weighted by atomic mass is 9.86. The zero-order valence-corrected chi connectivity index (χ0v) is 16.3. The summed E-state index contributed by atoms with van der Waals surface area (Å²) in [6.45, 7) is 2.44. The minimum Gasteiger partial charge on any atom is -0.385 e. The maximum atomic E-state index is 14.1. The van der Waals surface area contributed by atoms with Gasteiger partial charge in [-0.05, 0) is 68.9 Å². The van der Waals surface area contributed by atoms with Crippen LogP contribution >= 0.6 is 0 Å². The fourth-order valence-electron chi connectivity index (χ4n) is 3.44.